The molecule has 0 atom stereocenters. The Bertz CT molecular complexity index is 396. The first-order valence-corrected chi connectivity index (χ1v) is 3.88. The maximum absolute atomic E-state index is 10.6. The molecular weight excluding hydrogens is 184 g/mol. The van der Waals surface area contributed by atoms with E-state index in [1.807, 2.05) is 6.07 Å². The maximum atomic E-state index is 10.6. The van der Waals surface area contributed by atoms with Gasteiger partial charge in [0.1, 0.15) is 5.75 Å². The van der Waals surface area contributed by atoms with Crippen molar-refractivity contribution in [1.29, 1.82) is 5.26 Å². The molecule has 0 spiro atoms. The van der Waals surface area contributed by atoms with E-state index in [9.17, 15) is 10.1 Å². The van der Waals surface area contributed by atoms with Crippen LogP contribution >= 0.6 is 0 Å². The molecule has 0 aliphatic heterocycles. The van der Waals surface area contributed by atoms with Crippen LogP contribution in [0.25, 0.3) is 0 Å². The van der Waals surface area contributed by atoms with Crippen molar-refractivity contribution in [2.24, 2.45) is 0 Å². The molecule has 14 heavy (non-hydrogen) atoms. The number of nitro benzene ring substituents is 1. The van der Waals surface area contributed by atoms with Gasteiger partial charge in [-0.2, -0.15) is 5.26 Å². The molecule has 0 aliphatic carbocycles. The standard InChI is InChI=1S/C9H8N2O3/c1-14-9-4-2-3-8(11(12)13)7(9)5-6-10/h2-4H,5H2,1H3. The summed E-state index contributed by atoms with van der Waals surface area (Å²) in [5.74, 6) is 0.376. The van der Waals surface area contributed by atoms with Crippen molar-refractivity contribution in [1.82, 2.24) is 0 Å². The fourth-order valence-corrected chi connectivity index (χ4v) is 1.17. The normalized spacial score (nSPS) is 9.14. The number of ether oxygens (including phenoxy) is 1. The average Bonchev–Trinajstić information content (AvgIpc) is 2.18. The molecule has 0 unspecified atom stereocenters. The van der Waals surface area contributed by atoms with E-state index < -0.39 is 4.92 Å². The van der Waals surface area contributed by atoms with Gasteiger partial charge in [-0.1, -0.05) is 6.07 Å². The monoisotopic (exact) mass is 192 g/mol. The molecule has 0 fully saturated rings. The molecule has 1 aromatic carbocycles. The Kier molecular flexibility index (Phi) is 3.02. The van der Waals surface area contributed by atoms with Gasteiger partial charge in [-0.05, 0) is 6.07 Å². The van der Waals surface area contributed by atoms with Crippen LogP contribution in [0.3, 0.4) is 0 Å². The van der Waals surface area contributed by atoms with Gasteiger partial charge in [0.2, 0.25) is 0 Å². The predicted octanol–water partition coefficient (Wildman–Crippen LogP) is 1.67. The van der Waals surface area contributed by atoms with Crippen molar-refractivity contribution in [3.63, 3.8) is 0 Å². The summed E-state index contributed by atoms with van der Waals surface area (Å²) in [7, 11) is 1.42. The molecule has 5 heteroatoms. The second kappa shape index (κ2) is 4.23. The summed E-state index contributed by atoms with van der Waals surface area (Å²) in [4.78, 5) is 10.1. The molecule has 5 nitrogen and oxygen atoms in total. The van der Waals surface area contributed by atoms with Crippen molar-refractivity contribution in [2.75, 3.05) is 7.11 Å². The Morgan fingerprint density at radius 1 is 1.64 bits per heavy atom. The summed E-state index contributed by atoms with van der Waals surface area (Å²) in [6, 6.07) is 6.35. The number of nitro groups is 1. The van der Waals surface area contributed by atoms with Crippen molar-refractivity contribution < 1.29 is 9.66 Å². The van der Waals surface area contributed by atoms with Gasteiger partial charge < -0.3 is 4.74 Å². The number of nitrogens with zero attached hydrogens (tertiary/aromatic N) is 2. The van der Waals surface area contributed by atoms with E-state index in [2.05, 4.69) is 0 Å². The SMILES string of the molecule is COc1cccc([N+](=O)[O-])c1CC#N. The quantitative estimate of drug-likeness (QED) is 0.539. The van der Waals surface area contributed by atoms with E-state index in [1.54, 1.807) is 6.07 Å². The molecule has 72 valence electrons. The van der Waals surface area contributed by atoms with Crippen LogP contribution in [-0.4, -0.2) is 12.0 Å². The third-order valence-electron chi connectivity index (χ3n) is 1.78. The topological polar surface area (TPSA) is 76.2 Å². The van der Waals surface area contributed by atoms with E-state index in [1.165, 1.54) is 19.2 Å². The smallest absolute Gasteiger partial charge is 0.277 e. The third kappa shape index (κ3) is 1.80. The van der Waals surface area contributed by atoms with Crippen molar-refractivity contribution in [3.05, 3.63) is 33.9 Å². The number of methoxy groups -OCH3 is 1. The predicted molar refractivity (Wildman–Crippen MR) is 49.0 cm³/mol. The number of rotatable bonds is 3. The lowest BCUT2D eigenvalue weighted by molar-refractivity contribution is -0.385. The fourth-order valence-electron chi connectivity index (χ4n) is 1.17. The first kappa shape index (κ1) is 9.99. The molecule has 0 amide bonds. The largest absolute Gasteiger partial charge is 0.496 e. The molecule has 0 aliphatic rings. The van der Waals surface area contributed by atoms with Gasteiger partial charge in [0.05, 0.1) is 30.1 Å². The second-order valence-corrected chi connectivity index (χ2v) is 2.55. The Balaban J connectivity index is 3.29. The molecule has 0 N–H and O–H groups in total. The van der Waals surface area contributed by atoms with Crippen LogP contribution in [0.1, 0.15) is 5.56 Å². The van der Waals surface area contributed by atoms with Gasteiger partial charge in [0.15, 0.2) is 0 Å². The molecule has 1 aromatic rings. The van der Waals surface area contributed by atoms with Crippen molar-refractivity contribution in [3.8, 4) is 11.8 Å². The van der Waals surface area contributed by atoms with Crippen LogP contribution in [0.4, 0.5) is 5.69 Å². The van der Waals surface area contributed by atoms with Crippen LogP contribution in [-0.2, 0) is 6.42 Å². The van der Waals surface area contributed by atoms with E-state index in [0.29, 0.717) is 11.3 Å². The molecule has 0 radical (unpaired) electrons. The van der Waals surface area contributed by atoms with Gasteiger partial charge in [0.25, 0.3) is 5.69 Å². The molecule has 1 rings (SSSR count). The highest BCUT2D eigenvalue weighted by Crippen LogP contribution is 2.28. The van der Waals surface area contributed by atoms with Crippen molar-refractivity contribution >= 4 is 5.69 Å². The minimum atomic E-state index is -0.519. The van der Waals surface area contributed by atoms with Gasteiger partial charge in [0, 0.05) is 6.07 Å². The Morgan fingerprint density at radius 2 is 2.36 bits per heavy atom. The number of nitriles is 1. The summed E-state index contributed by atoms with van der Waals surface area (Å²) in [5, 5.41) is 19.1. The van der Waals surface area contributed by atoms with Gasteiger partial charge in [-0.15, -0.1) is 0 Å². The fraction of sp³-hybridized carbons (Fsp3) is 0.222. The number of benzene rings is 1. The Hall–Kier alpha value is -2.09. The van der Waals surface area contributed by atoms with Gasteiger partial charge in [-0.3, -0.25) is 10.1 Å². The van der Waals surface area contributed by atoms with Gasteiger partial charge >= 0.3 is 0 Å². The van der Waals surface area contributed by atoms with Crippen LogP contribution in [0, 0.1) is 21.4 Å². The summed E-state index contributed by atoms with van der Waals surface area (Å²) in [5.41, 5.74) is 0.244. The highest BCUT2D eigenvalue weighted by molar-refractivity contribution is 5.50. The zero-order valence-corrected chi connectivity index (χ0v) is 7.56. The second-order valence-electron chi connectivity index (χ2n) is 2.55. The first-order valence-electron chi connectivity index (χ1n) is 3.88. The zero-order valence-electron chi connectivity index (χ0n) is 7.56. The van der Waals surface area contributed by atoms with Crippen LogP contribution in [0.15, 0.2) is 18.2 Å². The highest BCUT2D eigenvalue weighted by atomic mass is 16.6. The summed E-state index contributed by atoms with van der Waals surface area (Å²) in [6.45, 7) is 0. The van der Waals surface area contributed by atoms with Crippen LogP contribution in [0.2, 0.25) is 0 Å². The molecule has 0 bridgehead atoms. The number of hydrogen-bond donors (Lipinski definition) is 0. The first-order chi connectivity index (χ1) is 6.70. The molecule has 0 saturated heterocycles. The van der Waals surface area contributed by atoms with E-state index in [0.717, 1.165) is 0 Å². The Labute approximate surface area is 80.7 Å². The molecule has 0 saturated carbocycles. The number of hydrogen-bond acceptors (Lipinski definition) is 4. The van der Waals surface area contributed by atoms with E-state index in [4.69, 9.17) is 10.00 Å². The third-order valence-corrected chi connectivity index (χ3v) is 1.78. The Morgan fingerprint density at radius 3 is 2.86 bits per heavy atom. The molecule has 0 heterocycles. The zero-order chi connectivity index (χ0) is 10.6. The lowest BCUT2D eigenvalue weighted by Crippen LogP contribution is -1.98. The van der Waals surface area contributed by atoms with Crippen LogP contribution < -0.4 is 4.74 Å². The average molecular weight is 192 g/mol. The van der Waals surface area contributed by atoms with Crippen molar-refractivity contribution in [2.45, 2.75) is 6.42 Å². The van der Waals surface area contributed by atoms with E-state index in [-0.39, 0.29) is 12.1 Å². The summed E-state index contributed by atoms with van der Waals surface area (Å²) >= 11 is 0. The minimum Gasteiger partial charge on any atom is -0.496 e. The van der Waals surface area contributed by atoms with Gasteiger partial charge in [-0.25, -0.2) is 0 Å². The maximum Gasteiger partial charge on any atom is 0.277 e. The van der Waals surface area contributed by atoms with E-state index >= 15 is 0 Å². The molecular formula is C9H8N2O3. The van der Waals surface area contributed by atoms with Crippen LogP contribution in [0.5, 0.6) is 5.75 Å². The summed E-state index contributed by atoms with van der Waals surface area (Å²) in [6.07, 6.45) is -0.0275. The lowest BCUT2D eigenvalue weighted by atomic mass is 10.1. The lowest BCUT2D eigenvalue weighted by Gasteiger charge is -2.04. The summed E-state index contributed by atoms with van der Waals surface area (Å²) < 4.78 is 4.93. The highest BCUT2D eigenvalue weighted by Gasteiger charge is 2.17. The minimum absolute atomic E-state index is 0.0275. The molecule has 0 aromatic heterocycles.